The number of amides is 1. The number of likely N-dealkylation sites (tertiary alicyclic amines) is 1. The number of rotatable bonds is 1. The molecule has 1 aliphatic heterocycles. The fourth-order valence-corrected chi connectivity index (χ4v) is 3.78. The molecule has 3 heteroatoms. The molecule has 0 aromatic rings. The number of hydrogen-bond acceptors (Lipinski definition) is 2. The number of carbonyl (C=O) groups is 1. The summed E-state index contributed by atoms with van der Waals surface area (Å²) in [7, 11) is 0. The molecule has 2 N–H and O–H groups in total. The second-order valence-corrected chi connectivity index (χ2v) is 6.47. The van der Waals surface area contributed by atoms with Gasteiger partial charge in [0.05, 0.1) is 5.92 Å². The maximum absolute atomic E-state index is 12.8. The van der Waals surface area contributed by atoms with Crippen LogP contribution in [0, 0.1) is 11.8 Å². The molecule has 1 heterocycles. The van der Waals surface area contributed by atoms with Crippen LogP contribution in [-0.2, 0) is 4.79 Å². The molecular weight excluding hydrogens is 224 g/mol. The van der Waals surface area contributed by atoms with Crippen LogP contribution < -0.4 is 5.73 Å². The van der Waals surface area contributed by atoms with Crippen LogP contribution in [0.1, 0.15) is 59.3 Å². The van der Waals surface area contributed by atoms with Gasteiger partial charge in [-0.15, -0.1) is 0 Å². The molecule has 1 aliphatic carbocycles. The van der Waals surface area contributed by atoms with Gasteiger partial charge in [-0.2, -0.15) is 0 Å². The molecule has 1 saturated carbocycles. The van der Waals surface area contributed by atoms with Crippen LogP contribution in [0.5, 0.6) is 0 Å². The van der Waals surface area contributed by atoms with Crippen LogP contribution in [0.15, 0.2) is 0 Å². The third-order valence-electron chi connectivity index (χ3n) is 5.06. The van der Waals surface area contributed by atoms with Gasteiger partial charge in [-0.3, -0.25) is 4.79 Å². The molecule has 1 saturated heterocycles. The molecule has 104 valence electrons. The topological polar surface area (TPSA) is 46.3 Å². The van der Waals surface area contributed by atoms with Gasteiger partial charge in [0, 0.05) is 18.1 Å². The van der Waals surface area contributed by atoms with E-state index in [1.807, 2.05) is 0 Å². The summed E-state index contributed by atoms with van der Waals surface area (Å²) < 4.78 is 0. The van der Waals surface area contributed by atoms with Crippen LogP contribution in [0.4, 0.5) is 0 Å². The van der Waals surface area contributed by atoms with Gasteiger partial charge >= 0.3 is 0 Å². The first-order valence-corrected chi connectivity index (χ1v) is 7.60. The van der Waals surface area contributed by atoms with Crippen molar-refractivity contribution in [2.75, 3.05) is 0 Å². The zero-order valence-electron chi connectivity index (χ0n) is 12.1. The Balaban J connectivity index is 2.09. The second kappa shape index (κ2) is 5.60. The van der Waals surface area contributed by atoms with Crippen molar-refractivity contribution >= 4 is 5.91 Å². The highest BCUT2D eigenvalue weighted by Gasteiger charge is 2.38. The quantitative estimate of drug-likeness (QED) is 0.779. The Morgan fingerprint density at radius 1 is 1.00 bits per heavy atom. The van der Waals surface area contributed by atoms with E-state index in [-0.39, 0.29) is 12.0 Å². The standard InChI is InChI=1S/C15H28N2O/c1-10-6-4-9-13(14(10)16)15(18)17-11(2)7-5-8-12(17)3/h10-14H,4-9,16H2,1-3H3. The molecule has 2 aliphatic rings. The number of hydrogen-bond donors (Lipinski definition) is 1. The summed E-state index contributed by atoms with van der Waals surface area (Å²) in [5.41, 5.74) is 6.27. The van der Waals surface area contributed by atoms with Gasteiger partial charge in [0.25, 0.3) is 0 Å². The number of nitrogens with zero attached hydrogens (tertiary/aromatic N) is 1. The van der Waals surface area contributed by atoms with E-state index in [4.69, 9.17) is 5.73 Å². The summed E-state index contributed by atoms with van der Waals surface area (Å²) >= 11 is 0. The van der Waals surface area contributed by atoms with Crippen LogP contribution in [0.25, 0.3) is 0 Å². The van der Waals surface area contributed by atoms with Gasteiger partial charge in [0.15, 0.2) is 0 Å². The molecule has 2 rings (SSSR count). The number of piperidine rings is 1. The summed E-state index contributed by atoms with van der Waals surface area (Å²) in [5, 5.41) is 0. The van der Waals surface area contributed by atoms with Gasteiger partial charge in [0.1, 0.15) is 0 Å². The van der Waals surface area contributed by atoms with E-state index in [0.29, 0.717) is 23.9 Å². The molecule has 0 spiro atoms. The lowest BCUT2D eigenvalue weighted by Gasteiger charge is -2.43. The lowest BCUT2D eigenvalue weighted by atomic mass is 9.77. The largest absolute Gasteiger partial charge is 0.337 e. The van der Waals surface area contributed by atoms with E-state index in [0.717, 1.165) is 25.7 Å². The first-order chi connectivity index (χ1) is 8.52. The Kier molecular flexibility index (Phi) is 4.31. The zero-order chi connectivity index (χ0) is 13.3. The van der Waals surface area contributed by atoms with E-state index in [2.05, 4.69) is 25.7 Å². The van der Waals surface area contributed by atoms with E-state index >= 15 is 0 Å². The second-order valence-electron chi connectivity index (χ2n) is 6.47. The van der Waals surface area contributed by atoms with Crippen molar-refractivity contribution in [3.05, 3.63) is 0 Å². The first-order valence-electron chi connectivity index (χ1n) is 7.60. The van der Waals surface area contributed by atoms with Gasteiger partial charge in [0.2, 0.25) is 5.91 Å². The molecule has 18 heavy (non-hydrogen) atoms. The van der Waals surface area contributed by atoms with Crippen molar-refractivity contribution in [1.29, 1.82) is 0 Å². The maximum atomic E-state index is 12.8. The molecule has 1 amide bonds. The number of carbonyl (C=O) groups excluding carboxylic acids is 1. The van der Waals surface area contributed by atoms with Crippen LogP contribution in [-0.4, -0.2) is 28.9 Å². The fourth-order valence-electron chi connectivity index (χ4n) is 3.78. The Morgan fingerprint density at radius 3 is 2.17 bits per heavy atom. The maximum Gasteiger partial charge on any atom is 0.227 e. The lowest BCUT2D eigenvalue weighted by molar-refractivity contribution is -0.144. The van der Waals surface area contributed by atoms with Gasteiger partial charge in [-0.1, -0.05) is 13.3 Å². The van der Waals surface area contributed by atoms with Crippen LogP contribution in [0.2, 0.25) is 0 Å². The third-order valence-corrected chi connectivity index (χ3v) is 5.06. The molecule has 5 atom stereocenters. The Hall–Kier alpha value is -0.570. The highest BCUT2D eigenvalue weighted by Crippen LogP contribution is 2.32. The van der Waals surface area contributed by atoms with E-state index in [9.17, 15) is 4.79 Å². The average Bonchev–Trinajstić information content (AvgIpc) is 2.32. The molecule has 3 nitrogen and oxygen atoms in total. The van der Waals surface area contributed by atoms with Crippen molar-refractivity contribution in [2.45, 2.75) is 77.4 Å². The van der Waals surface area contributed by atoms with Crippen molar-refractivity contribution in [3.63, 3.8) is 0 Å². The normalized spacial score (nSPS) is 41.8. The summed E-state index contributed by atoms with van der Waals surface area (Å²) in [4.78, 5) is 14.9. The molecule has 5 unspecified atom stereocenters. The predicted octanol–water partition coefficient (Wildman–Crippen LogP) is 2.54. The SMILES string of the molecule is CC1CCCC(C(=O)N2C(C)CCCC2C)C1N. The summed E-state index contributed by atoms with van der Waals surface area (Å²) in [6.07, 6.45) is 6.86. The van der Waals surface area contributed by atoms with Crippen molar-refractivity contribution in [2.24, 2.45) is 17.6 Å². The molecule has 0 bridgehead atoms. The molecule has 0 aromatic carbocycles. The Morgan fingerprint density at radius 2 is 1.56 bits per heavy atom. The fraction of sp³-hybridized carbons (Fsp3) is 0.933. The molecule has 2 fully saturated rings. The van der Waals surface area contributed by atoms with Crippen LogP contribution in [0.3, 0.4) is 0 Å². The van der Waals surface area contributed by atoms with E-state index < -0.39 is 0 Å². The molecule has 0 aromatic heterocycles. The minimum absolute atomic E-state index is 0.0626. The van der Waals surface area contributed by atoms with Gasteiger partial charge < -0.3 is 10.6 Å². The van der Waals surface area contributed by atoms with Crippen molar-refractivity contribution < 1.29 is 4.79 Å². The lowest BCUT2D eigenvalue weighted by Crippen LogP contribution is -2.55. The number of nitrogens with two attached hydrogens (primary N) is 1. The monoisotopic (exact) mass is 252 g/mol. The van der Waals surface area contributed by atoms with Crippen molar-refractivity contribution in [1.82, 2.24) is 4.90 Å². The predicted molar refractivity (Wildman–Crippen MR) is 74.1 cm³/mol. The van der Waals surface area contributed by atoms with E-state index in [1.165, 1.54) is 12.8 Å². The minimum atomic E-state index is 0.0626. The highest BCUT2D eigenvalue weighted by molar-refractivity contribution is 5.80. The smallest absolute Gasteiger partial charge is 0.227 e. The van der Waals surface area contributed by atoms with Crippen LogP contribution >= 0.6 is 0 Å². The highest BCUT2D eigenvalue weighted by atomic mass is 16.2. The zero-order valence-corrected chi connectivity index (χ0v) is 12.1. The van der Waals surface area contributed by atoms with Gasteiger partial charge in [-0.05, 0) is 51.9 Å². The first kappa shape index (κ1) is 13.9. The average molecular weight is 252 g/mol. The molecule has 0 radical (unpaired) electrons. The summed E-state index contributed by atoms with van der Waals surface area (Å²) in [6.45, 7) is 6.56. The Bertz CT molecular complexity index is 295. The summed E-state index contributed by atoms with van der Waals surface area (Å²) in [5.74, 6) is 0.883. The van der Waals surface area contributed by atoms with Crippen molar-refractivity contribution in [3.8, 4) is 0 Å². The Labute approximate surface area is 111 Å². The summed E-state index contributed by atoms with van der Waals surface area (Å²) in [6, 6.07) is 0.851. The van der Waals surface area contributed by atoms with E-state index in [1.54, 1.807) is 0 Å². The molecular formula is C15H28N2O. The minimum Gasteiger partial charge on any atom is -0.337 e. The third kappa shape index (κ3) is 2.56. The van der Waals surface area contributed by atoms with Gasteiger partial charge in [-0.25, -0.2) is 0 Å².